The Morgan fingerprint density at radius 1 is 0.971 bits per heavy atom. The van der Waals surface area contributed by atoms with E-state index in [1.807, 2.05) is 19.1 Å². The standard InChI is InChI=1S/C27H22F2N2O4/c1-17-6-2-3-7-20(17)25(34)30-19-12-10-18(11-13-19)26(35)31-15-14-27(28,29)22(16-24(32)33)21-8-4-5-9-23(21)31/h2-13,16H,14-15H2,1H3,(H,30,34)(H,32,33)/b22-16-. The van der Waals surface area contributed by atoms with Gasteiger partial charge in [-0.1, -0.05) is 36.4 Å². The molecule has 0 saturated heterocycles. The number of hydrogen-bond donors (Lipinski definition) is 2. The van der Waals surface area contributed by atoms with E-state index >= 15 is 0 Å². The first-order valence-corrected chi connectivity index (χ1v) is 10.9. The van der Waals surface area contributed by atoms with E-state index in [0.29, 0.717) is 17.3 Å². The van der Waals surface area contributed by atoms with Crippen molar-refractivity contribution < 1.29 is 28.3 Å². The minimum absolute atomic E-state index is 0.00661. The van der Waals surface area contributed by atoms with Crippen molar-refractivity contribution >= 4 is 34.7 Å². The highest BCUT2D eigenvalue weighted by Gasteiger charge is 2.41. The number of para-hydroxylation sites is 1. The Bertz CT molecular complexity index is 1330. The number of carboxylic acids is 1. The maximum atomic E-state index is 14.8. The monoisotopic (exact) mass is 476 g/mol. The third-order valence-corrected chi connectivity index (χ3v) is 5.82. The zero-order valence-corrected chi connectivity index (χ0v) is 18.8. The smallest absolute Gasteiger partial charge is 0.328 e. The molecule has 3 aromatic carbocycles. The summed E-state index contributed by atoms with van der Waals surface area (Å²) >= 11 is 0. The van der Waals surface area contributed by atoms with Gasteiger partial charge in [0.25, 0.3) is 17.7 Å². The third-order valence-electron chi connectivity index (χ3n) is 5.82. The van der Waals surface area contributed by atoms with Crippen LogP contribution in [0.1, 0.15) is 38.3 Å². The number of anilines is 2. The van der Waals surface area contributed by atoms with Gasteiger partial charge in [-0.2, -0.15) is 0 Å². The number of amides is 2. The molecule has 2 amide bonds. The van der Waals surface area contributed by atoms with Crippen LogP contribution in [0.2, 0.25) is 0 Å². The molecular weight excluding hydrogens is 454 g/mol. The first kappa shape index (κ1) is 23.8. The van der Waals surface area contributed by atoms with Gasteiger partial charge in [-0.25, -0.2) is 13.6 Å². The molecule has 178 valence electrons. The van der Waals surface area contributed by atoms with Crippen LogP contribution in [-0.2, 0) is 4.79 Å². The Kier molecular flexibility index (Phi) is 6.46. The van der Waals surface area contributed by atoms with Crippen LogP contribution in [0.25, 0.3) is 5.57 Å². The summed E-state index contributed by atoms with van der Waals surface area (Å²) in [6.07, 6.45) is -0.226. The molecule has 8 heteroatoms. The highest BCUT2D eigenvalue weighted by atomic mass is 19.3. The van der Waals surface area contributed by atoms with Gasteiger partial charge in [0.15, 0.2) is 0 Å². The zero-order chi connectivity index (χ0) is 25.2. The Balaban J connectivity index is 1.61. The Morgan fingerprint density at radius 2 is 1.63 bits per heavy atom. The van der Waals surface area contributed by atoms with Crippen molar-refractivity contribution in [2.45, 2.75) is 19.3 Å². The molecule has 0 aromatic heterocycles. The molecule has 0 aliphatic carbocycles. The van der Waals surface area contributed by atoms with Crippen molar-refractivity contribution in [2.75, 3.05) is 16.8 Å². The molecule has 2 N–H and O–H groups in total. The van der Waals surface area contributed by atoms with E-state index in [0.717, 1.165) is 5.56 Å². The second-order valence-corrected chi connectivity index (χ2v) is 8.17. The molecule has 0 saturated carbocycles. The van der Waals surface area contributed by atoms with Crippen LogP contribution in [0.4, 0.5) is 20.2 Å². The number of allylic oxidation sites excluding steroid dienone is 1. The summed E-state index contributed by atoms with van der Waals surface area (Å²) in [5, 5.41) is 11.9. The molecule has 6 nitrogen and oxygen atoms in total. The van der Waals surface area contributed by atoms with Crippen LogP contribution < -0.4 is 10.2 Å². The van der Waals surface area contributed by atoms with Crippen molar-refractivity contribution in [1.29, 1.82) is 0 Å². The van der Waals surface area contributed by atoms with Crippen LogP contribution in [0.3, 0.4) is 0 Å². The van der Waals surface area contributed by atoms with Crippen LogP contribution in [-0.4, -0.2) is 35.4 Å². The number of rotatable bonds is 4. The summed E-state index contributed by atoms with van der Waals surface area (Å²) < 4.78 is 29.7. The van der Waals surface area contributed by atoms with Crippen LogP contribution >= 0.6 is 0 Å². The highest BCUT2D eigenvalue weighted by molar-refractivity contribution is 6.09. The molecule has 0 unspecified atom stereocenters. The SMILES string of the molecule is Cc1ccccc1C(=O)Nc1ccc(C(=O)N2CCC(F)(F)/C(=C\C(=O)O)c3ccccc32)cc1. The number of benzene rings is 3. The number of aryl methyl sites for hydroxylation is 1. The predicted octanol–water partition coefficient (Wildman–Crippen LogP) is 5.40. The Labute approximate surface area is 200 Å². The minimum Gasteiger partial charge on any atom is -0.478 e. The van der Waals surface area contributed by atoms with E-state index in [-0.39, 0.29) is 29.3 Å². The summed E-state index contributed by atoms with van der Waals surface area (Å²) in [5.74, 6) is -5.71. The second kappa shape index (κ2) is 9.50. The minimum atomic E-state index is -3.42. The number of aliphatic carboxylic acids is 1. The maximum Gasteiger partial charge on any atom is 0.328 e. The molecule has 0 fully saturated rings. The lowest BCUT2D eigenvalue weighted by molar-refractivity contribution is -0.131. The van der Waals surface area contributed by atoms with Gasteiger partial charge in [0.2, 0.25) is 0 Å². The van der Waals surface area contributed by atoms with Crippen molar-refractivity contribution in [1.82, 2.24) is 0 Å². The summed E-state index contributed by atoms with van der Waals surface area (Å²) in [5.41, 5.74) is 1.63. The number of nitrogens with zero attached hydrogens (tertiary/aromatic N) is 1. The van der Waals surface area contributed by atoms with E-state index in [1.54, 1.807) is 30.3 Å². The van der Waals surface area contributed by atoms with Crippen molar-refractivity contribution in [3.05, 3.63) is 101 Å². The molecule has 0 spiro atoms. The normalized spacial score (nSPS) is 15.7. The van der Waals surface area contributed by atoms with E-state index in [2.05, 4.69) is 5.32 Å². The molecule has 3 aromatic rings. The molecule has 0 radical (unpaired) electrons. The van der Waals surface area contributed by atoms with Crippen molar-refractivity contribution in [2.24, 2.45) is 0 Å². The number of alkyl halides is 2. The molecule has 35 heavy (non-hydrogen) atoms. The number of nitrogens with one attached hydrogen (secondary N) is 1. The maximum absolute atomic E-state index is 14.8. The van der Waals surface area contributed by atoms with Crippen LogP contribution in [0.15, 0.2) is 78.9 Å². The number of hydrogen-bond acceptors (Lipinski definition) is 3. The number of fused-ring (bicyclic) bond motifs is 1. The first-order valence-electron chi connectivity index (χ1n) is 10.9. The Hall–Kier alpha value is -4.33. The number of carboxylic acid groups (broad SMARTS) is 1. The average Bonchev–Trinajstić information content (AvgIpc) is 2.93. The lowest BCUT2D eigenvalue weighted by atomic mass is 9.97. The predicted molar refractivity (Wildman–Crippen MR) is 129 cm³/mol. The number of halogens is 2. The number of carbonyl (C=O) groups is 3. The molecule has 0 bridgehead atoms. The first-order chi connectivity index (χ1) is 16.7. The van der Waals surface area contributed by atoms with E-state index in [4.69, 9.17) is 5.11 Å². The van der Waals surface area contributed by atoms with Crippen LogP contribution in [0, 0.1) is 6.92 Å². The van der Waals surface area contributed by atoms with E-state index in [1.165, 1.54) is 35.2 Å². The van der Waals surface area contributed by atoms with Gasteiger partial charge in [-0.05, 0) is 48.9 Å². The summed E-state index contributed by atoms with van der Waals surface area (Å²) in [7, 11) is 0. The molecule has 1 heterocycles. The summed E-state index contributed by atoms with van der Waals surface area (Å²) in [6, 6.07) is 19.3. The van der Waals surface area contributed by atoms with Gasteiger partial charge in [0.1, 0.15) is 0 Å². The van der Waals surface area contributed by atoms with Gasteiger partial charge in [-0.15, -0.1) is 0 Å². The third kappa shape index (κ3) is 4.96. The quantitative estimate of drug-likeness (QED) is 0.494. The van der Waals surface area contributed by atoms with Gasteiger partial charge < -0.3 is 15.3 Å². The van der Waals surface area contributed by atoms with Crippen molar-refractivity contribution in [3.8, 4) is 0 Å². The summed E-state index contributed by atoms with van der Waals surface area (Å²) in [6.45, 7) is 1.53. The fourth-order valence-electron chi connectivity index (χ4n) is 4.04. The van der Waals surface area contributed by atoms with Gasteiger partial charge in [-0.3, -0.25) is 9.59 Å². The summed E-state index contributed by atoms with van der Waals surface area (Å²) in [4.78, 5) is 38.3. The van der Waals surface area contributed by atoms with Gasteiger partial charge in [0, 0.05) is 47.0 Å². The Morgan fingerprint density at radius 3 is 2.31 bits per heavy atom. The van der Waals surface area contributed by atoms with Gasteiger partial charge in [0.05, 0.1) is 5.69 Å². The molecule has 4 rings (SSSR count). The fraction of sp³-hybridized carbons (Fsp3) is 0.148. The average molecular weight is 476 g/mol. The molecule has 1 aliphatic heterocycles. The molecule has 1 aliphatic rings. The number of carbonyl (C=O) groups excluding carboxylic acids is 2. The second-order valence-electron chi connectivity index (χ2n) is 8.17. The lowest BCUT2D eigenvalue weighted by Crippen LogP contribution is -2.33. The largest absolute Gasteiger partial charge is 0.478 e. The van der Waals surface area contributed by atoms with Crippen molar-refractivity contribution in [3.63, 3.8) is 0 Å². The lowest BCUT2D eigenvalue weighted by Gasteiger charge is -2.23. The highest BCUT2D eigenvalue weighted by Crippen LogP contribution is 2.43. The van der Waals surface area contributed by atoms with E-state index in [9.17, 15) is 23.2 Å². The fourth-order valence-corrected chi connectivity index (χ4v) is 4.04. The zero-order valence-electron chi connectivity index (χ0n) is 18.8. The topological polar surface area (TPSA) is 86.7 Å². The van der Waals surface area contributed by atoms with Gasteiger partial charge >= 0.3 is 5.97 Å². The van der Waals surface area contributed by atoms with Crippen LogP contribution in [0.5, 0.6) is 0 Å². The molecule has 0 atom stereocenters. The molecular formula is C27H22F2N2O4. The van der Waals surface area contributed by atoms with E-state index < -0.39 is 29.8 Å².